The normalized spacial score (nSPS) is 11.1. The molecule has 0 bridgehead atoms. The molecule has 8 nitrogen and oxygen atoms in total. The zero-order chi connectivity index (χ0) is 18.9. The standard InChI is InChI=1S/C20H14N6O2/c27-20-25(13-18-21-19(24-28-18)15-9-5-2-6-10-15)23-17-12-11-16(22-26(17)20)14-7-3-1-4-8-14/h1-12H,13H2. The molecule has 0 unspecified atom stereocenters. The fourth-order valence-corrected chi connectivity index (χ4v) is 2.93. The summed E-state index contributed by atoms with van der Waals surface area (Å²) in [7, 11) is 0. The quantitative estimate of drug-likeness (QED) is 0.483. The smallest absolute Gasteiger partial charge is 0.337 e. The number of aromatic nitrogens is 6. The zero-order valence-electron chi connectivity index (χ0n) is 14.6. The molecule has 0 spiro atoms. The molecule has 5 rings (SSSR count). The first-order chi connectivity index (χ1) is 13.8. The Morgan fingerprint density at radius 3 is 2.29 bits per heavy atom. The molecule has 2 aromatic carbocycles. The van der Waals surface area contributed by atoms with E-state index in [1.54, 1.807) is 6.07 Å². The number of hydrogen-bond acceptors (Lipinski definition) is 6. The Morgan fingerprint density at radius 1 is 0.821 bits per heavy atom. The summed E-state index contributed by atoms with van der Waals surface area (Å²) in [6, 6.07) is 22.7. The number of fused-ring (bicyclic) bond motifs is 1. The Morgan fingerprint density at radius 2 is 1.54 bits per heavy atom. The highest BCUT2D eigenvalue weighted by Gasteiger charge is 2.14. The van der Waals surface area contributed by atoms with E-state index in [1.807, 2.05) is 66.7 Å². The van der Waals surface area contributed by atoms with Gasteiger partial charge in [0.25, 0.3) is 0 Å². The van der Waals surface area contributed by atoms with Gasteiger partial charge in [0.15, 0.2) is 5.65 Å². The molecule has 0 aliphatic rings. The second kappa shape index (κ2) is 6.58. The third-order valence-electron chi connectivity index (χ3n) is 4.29. The lowest BCUT2D eigenvalue weighted by Crippen LogP contribution is -2.23. The molecule has 0 radical (unpaired) electrons. The molecule has 0 atom stereocenters. The fraction of sp³-hybridized carbons (Fsp3) is 0.0500. The molecule has 136 valence electrons. The van der Waals surface area contributed by atoms with Gasteiger partial charge in [0.1, 0.15) is 6.54 Å². The maximum absolute atomic E-state index is 12.7. The monoisotopic (exact) mass is 370 g/mol. The highest BCUT2D eigenvalue weighted by molar-refractivity contribution is 5.59. The molecule has 0 aliphatic carbocycles. The number of rotatable bonds is 4. The van der Waals surface area contributed by atoms with Crippen LogP contribution in [0.3, 0.4) is 0 Å². The van der Waals surface area contributed by atoms with Gasteiger partial charge in [-0.05, 0) is 12.1 Å². The summed E-state index contributed by atoms with van der Waals surface area (Å²) in [5.41, 5.74) is 2.54. The fourth-order valence-electron chi connectivity index (χ4n) is 2.93. The molecule has 0 aliphatic heterocycles. The largest absolute Gasteiger partial charge is 0.367 e. The first-order valence-corrected chi connectivity index (χ1v) is 8.68. The maximum Gasteiger partial charge on any atom is 0.367 e. The summed E-state index contributed by atoms with van der Waals surface area (Å²) >= 11 is 0. The summed E-state index contributed by atoms with van der Waals surface area (Å²) in [6.07, 6.45) is 0. The van der Waals surface area contributed by atoms with Crippen LogP contribution >= 0.6 is 0 Å². The summed E-state index contributed by atoms with van der Waals surface area (Å²) in [5.74, 6) is 0.768. The number of hydrogen-bond donors (Lipinski definition) is 0. The van der Waals surface area contributed by atoms with Crippen molar-refractivity contribution in [3.8, 4) is 22.6 Å². The van der Waals surface area contributed by atoms with Gasteiger partial charge in [-0.2, -0.15) is 14.6 Å². The summed E-state index contributed by atoms with van der Waals surface area (Å²) in [5, 5.41) is 12.7. The van der Waals surface area contributed by atoms with Crippen molar-refractivity contribution in [2.75, 3.05) is 0 Å². The van der Waals surface area contributed by atoms with Gasteiger partial charge in [0.05, 0.1) is 5.69 Å². The Kier molecular flexibility index (Phi) is 3.79. The minimum absolute atomic E-state index is 0.0721. The Hall–Kier alpha value is -4.07. The van der Waals surface area contributed by atoms with Gasteiger partial charge >= 0.3 is 5.69 Å². The van der Waals surface area contributed by atoms with Crippen LogP contribution in [0.15, 0.2) is 82.1 Å². The topological polar surface area (TPSA) is 91.1 Å². The lowest BCUT2D eigenvalue weighted by Gasteiger charge is -1.99. The van der Waals surface area contributed by atoms with Crippen molar-refractivity contribution in [2.45, 2.75) is 6.54 Å². The van der Waals surface area contributed by atoms with Gasteiger partial charge < -0.3 is 4.52 Å². The van der Waals surface area contributed by atoms with Gasteiger partial charge in [-0.3, -0.25) is 0 Å². The van der Waals surface area contributed by atoms with Crippen LogP contribution < -0.4 is 5.69 Å². The van der Waals surface area contributed by atoms with Gasteiger partial charge in [0, 0.05) is 11.1 Å². The van der Waals surface area contributed by atoms with Crippen LogP contribution in [0.2, 0.25) is 0 Å². The van der Waals surface area contributed by atoms with Crippen molar-refractivity contribution in [2.24, 2.45) is 0 Å². The molecule has 8 heteroatoms. The average Bonchev–Trinajstić information content (AvgIpc) is 3.34. The summed E-state index contributed by atoms with van der Waals surface area (Å²) < 4.78 is 7.81. The number of nitrogens with zero attached hydrogens (tertiary/aromatic N) is 6. The molecule has 28 heavy (non-hydrogen) atoms. The zero-order valence-corrected chi connectivity index (χ0v) is 14.6. The first kappa shape index (κ1) is 16.1. The molecule has 0 saturated heterocycles. The second-order valence-corrected chi connectivity index (χ2v) is 6.17. The lowest BCUT2D eigenvalue weighted by molar-refractivity contribution is 0.364. The van der Waals surface area contributed by atoms with Crippen molar-refractivity contribution in [3.63, 3.8) is 0 Å². The van der Waals surface area contributed by atoms with E-state index >= 15 is 0 Å². The summed E-state index contributed by atoms with van der Waals surface area (Å²) in [6.45, 7) is 0.0721. The molecule has 0 amide bonds. The van der Waals surface area contributed by atoms with E-state index in [0.29, 0.717) is 23.1 Å². The van der Waals surface area contributed by atoms with Crippen LogP contribution in [0, 0.1) is 0 Å². The van der Waals surface area contributed by atoms with E-state index in [9.17, 15) is 4.79 Å². The highest BCUT2D eigenvalue weighted by Crippen LogP contribution is 2.16. The number of benzene rings is 2. The van der Waals surface area contributed by atoms with E-state index in [-0.39, 0.29) is 12.2 Å². The van der Waals surface area contributed by atoms with E-state index in [1.165, 1.54) is 9.20 Å². The van der Waals surface area contributed by atoms with E-state index in [2.05, 4.69) is 20.3 Å². The van der Waals surface area contributed by atoms with Crippen LogP contribution in [0.25, 0.3) is 28.3 Å². The minimum atomic E-state index is -0.368. The molecular formula is C20H14N6O2. The van der Waals surface area contributed by atoms with E-state index in [0.717, 1.165) is 11.1 Å². The molecule has 0 fully saturated rings. The molecule has 0 N–H and O–H groups in total. The predicted molar refractivity (Wildman–Crippen MR) is 102 cm³/mol. The third-order valence-corrected chi connectivity index (χ3v) is 4.29. The van der Waals surface area contributed by atoms with Crippen molar-refractivity contribution < 1.29 is 4.52 Å². The van der Waals surface area contributed by atoms with Gasteiger partial charge in [-0.15, -0.1) is 5.10 Å². The van der Waals surface area contributed by atoms with Crippen molar-refractivity contribution in [1.29, 1.82) is 0 Å². The average molecular weight is 370 g/mol. The molecular weight excluding hydrogens is 356 g/mol. The van der Waals surface area contributed by atoms with E-state index in [4.69, 9.17) is 4.52 Å². The van der Waals surface area contributed by atoms with Gasteiger partial charge in [-0.1, -0.05) is 65.8 Å². The minimum Gasteiger partial charge on any atom is -0.337 e. The SMILES string of the molecule is O=c1n(Cc2nc(-c3ccccc3)no2)nc2ccc(-c3ccccc3)nn12. The van der Waals surface area contributed by atoms with Crippen LogP contribution in [-0.2, 0) is 6.54 Å². The van der Waals surface area contributed by atoms with Crippen LogP contribution in [0.5, 0.6) is 0 Å². The van der Waals surface area contributed by atoms with Crippen LogP contribution in [-0.4, -0.2) is 29.5 Å². The predicted octanol–water partition coefficient (Wildman–Crippen LogP) is 2.66. The second-order valence-electron chi connectivity index (χ2n) is 6.17. The Labute approximate surface area is 158 Å². The first-order valence-electron chi connectivity index (χ1n) is 8.68. The summed E-state index contributed by atoms with van der Waals surface area (Å²) in [4.78, 5) is 17.0. The van der Waals surface area contributed by atoms with Crippen molar-refractivity contribution in [3.05, 3.63) is 89.2 Å². The molecule has 0 saturated carbocycles. The highest BCUT2D eigenvalue weighted by atomic mass is 16.5. The molecule has 3 aromatic heterocycles. The van der Waals surface area contributed by atoms with Crippen LogP contribution in [0.1, 0.15) is 5.89 Å². The third kappa shape index (κ3) is 2.86. The lowest BCUT2D eigenvalue weighted by atomic mass is 10.1. The van der Waals surface area contributed by atoms with Gasteiger partial charge in [-0.25, -0.2) is 9.48 Å². The van der Waals surface area contributed by atoms with Crippen LogP contribution in [0.4, 0.5) is 0 Å². The molecule has 5 aromatic rings. The Balaban J connectivity index is 1.48. The Bertz CT molecular complexity index is 1310. The van der Waals surface area contributed by atoms with E-state index < -0.39 is 0 Å². The van der Waals surface area contributed by atoms with Crippen molar-refractivity contribution in [1.82, 2.24) is 29.5 Å². The molecule has 3 heterocycles. The maximum atomic E-state index is 12.7. The van der Waals surface area contributed by atoms with Crippen molar-refractivity contribution >= 4 is 5.65 Å². The van der Waals surface area contributed by atoms with Gasteiger partial charge in [0.2, 0.25) is 11.7 Å².